The van der Waals surface area contributed by atoms with Crippen molar-refractivity contribution in [2.45, 2.75) is 33.1 Å². The highest BCUT2D eigenvalue weighted by atomic mass is 32.1. The van der Waals surface area contributed by atoms with Crippen LogP contribution in [-0.2, 0) is 0 Å². The lowest BCUT2D eigenvalue weighted by Gasteiger charge is -2.20. The number of ketones is 1. The average molecular weight is 277 g/mol. The van der Waals surface area contributed by atoms with Gasteiger partial charge in [0.25, 0.3) is 0 Å². The Morgan fingerprint density at radius 1 is 1.53 bits per heavy atom. The number of rotatable bonds is 6. The van der Waals surface area contributed by atoms with Crippen molar-refractivity contribution >= 4 is 27.8 Å². The highest BCUT2D eigenvalue weighted by molar-refractivity contribution is 7.19. The first-order valence-corrected chi connectivity index (χ1v) is 7.57. The summed E-state index contributed by atoms with van der Waals surface area (Å²) in [4.78, 5) is 14.9. The molecule has 2 N–H and O–H groups in total. The lowest BCUT2D eigenvalue weighted by atomic mass is 10.1. The minimum absolute atomic E-state index is 0.123. The van der Waals surface area contributed by atoms with E-state index in [1.165, 1.54) is 11.3 Å². The van der Waals surface area contributed by atoms with Gasteiger partial charge in [0.05, 0.1) is 10.6 Å². The van der Waals surface area contributed by atoms with Gasteiger partial charge in [-0.1, -0.05) is 6.92 Å². The lowest BCUT2D eigenvalue weighted by Crippen LogP contribution is -2.23. The fraction of sp³-hybridized carbons (Fsp3) is 0.571. The molecule has 0 atom stereocenters. The number of hydrogen-bond donors (Lipinski definition) is 1. The second kappa shape index (κ2) is 5.62. The van der Waals surface area contributed by atoms with Crippen molar-refractivity contribution in [2.24, 2.45) is 5.92 Å². The monoisotopic (exact) mass is 277 g/mol. The van der Waals surface area contributed by atoms with Crippen LogP contribution < -0.4 is 10.6 Å². The molecule has 0 amide bonds. The Bertz CT molecular complexity index is 526. The zero-order chi connectivity index (χ0) is 14.0. The summed E-state index contributed by atoms with van der Waals surface area (Å²) in [6.07, 6.45) is 2.92. The van der Waals surface area contributed by atoms with Crippen molar-refractivity contribution in [2.75, 3.05) is 23.7 Å². The van der Waals surface area contributed by atoms with Crippen molar-refractivity contribution in [3.63, 3.8) is 0 Å². The summed E-state index contributed by atoms with van der Waals surface area (Å²) >= 11 is 1.39. The van der Waals surface area contributed by atoms with E-state index in [1.54, 1.807) is 0 Å². The molecule has 0 bridgehead atoms. The van der Waals surface area contributed by atoms with Crippen molar-refractivity contribution < 1.29 is 4.79 Å². The number of carbonyl (C=O) groups is 1. The Kier molecular flexibility index (Phi) is 4.11. The number of thiophene rings is 1. The van der Waals surface area contributed by atoms with Crippen LogP contribution in [0.3, 0.4) is 0 Å². The van der Waals surface area contributed by atoms with Crippen LogP contribution in [0.25, 0.3) is 0 Å². The SMILES string of the molecule is CCCN(CC)c1sc(C(=O)C2CC2)c(N)c1C#N. The van der Waals surface area contributed by atoms with Crippen LogP contribution in [0.4, 0.5) is 10.7 Å². The summed E-state index contributed by atoms with van der Waals surface area (Å²) in [6, 6.07) is 2.16. The Labute approximate surface area is 117 Å². The van der Waals surface area contributed by atoms with Crippen molar-refractivity contribution in [3.8, 4) is 6.07 Å². The fourth-order valence-electron chi connectivity index (χ4n) is 2.15. The zero-order valence-corrected chi connectivity index (χ0v) is 12.2. The molecule has 2 rings (SSSR count). The number of nitrogen functional groups attached to an aromatic ring is 1. The summed E-state index contributed by atoms with van der Waals surface area (Å²) in [6.45, 7) is 5.85. The van der Waals surface area contributed by atoms with Crippen molar-refractivity contribution in [1.29, 1.82) is 5.26 Å². The normalized spacial score (nSPS) is 14.2. The second-order valence-electron chi connectivity index (χ2n) is 4.86. The molecule has 1 aliphatic carbocycles. The van der Waals surface area contributed by atoms with E-state index in [2.05, 4.69) is 24.8 Å². The van der Waals surface area contributed by atoms with E-state index in [0.717, 1.165) is 37.4 Å². The quantitative estimate of drug-likeness (QED) is 0.811. The first-order valence-electron chi connectivity index (χ1n) is 6.75. The topological polar surface area (TPSA) is 70.1 Å². The molecule has 0 saturated heterocycles. The summed E-state index contributed by atoms with van der Waals surface area (Å²) in [7, 11) is 0. The zero-order valence-electron chi connectivity index (χ0n) is 11.4. The minimum atomic E-state index is 0.123. The number of nitrogens with two attached hydrogens (primary N) is 1. The molecule has 1 fully saturated rings. The summed E-state index contributed by atoms with van der Waals surface area (Å²) < 4.78 is 0. The number of hydrogen-bond acceptors (Lipinski definition) is 5. The van der Waals surface area contributed by atoms with Crippen molar-refractivity contribution in [1.82, 2.24) is 0 Å². The fourth-order valence-corrected chi connectivity index (χ4v) is 3.43. The molecule has 0 aliphatic heterocycles. The van der Waals surface area contributed by atoms with Crippen LogP contribution >= 0.6 is 11.3 Å². The van der Waals surface area contributed by atoms with Gasteiger partial charge in [0.15, 0.2) is 5.78 Å². The van der Waals surface area contributed by atoms with Gasteiger partial charge in [-0.2, -0.15) is 5.26 Å². The molecule has 102 valence electrons. The molecule has 1 aromatic rings. The minimum Gasteiger partial charge on any atom is -0.396 e. The number of anilines is 2. The molecule has 0 aromatic carbocycles. The standard InChI is InChI=1S/C14H19N3OS/c1-3-7-17(4-2)14-10(8-15)11(16)13(19-14)12(18)9-5-6-9/h9H,3-7,16H2,1-2H3. The maximum atomic E-state index is 12.2. The number of nitrogens with zero attached hydrogens (tertiary/aromatic N) is 2. The van der Waals surface area contributed by atoms with E-state index in [9.17, 15) is 10.1 Å². The molecular formula is C14H19N3OS. The Morgan fingerprint density at radius 2 is 2.21 bits per heavy atom. The third-order valence-corrected chi connectivity index (χ3v) is 4.65. The van der Waals surface area contributed by atoms with Crippen LogP contribution in [0.15, 0.2) is 0 Å². The highest BCUT2D eigenvalue weighted by Gasteiger charge is 2.34. The Hall–Kier alpha value is -1.54. The molecule has 1 aliphatic rings. The van der Waals surface area contributed by atoms with Crippen LogP contribution in [0, 0.1) is 17.2 Å². The number of nitriles is 1. The second-order valence-corrected chi connectivity index (χ2v) is 5.85. The predicted molar refractivity (Wildman–Crippen MR) is 78.7 cm³/mol. The molecule has 1 heterocycles. The van der Waals surface area contributed by atoms with Gasteiger partial charge in [-0.05, 0) is 26.2 Å². The molecule has 0 unspecified atom stereocenters. The molecule has 0 spiro atoms. The van der Waals surface area contributed by atoms with Crippen LogP contribution in [-0.4, -0.2) is 18.9 Å². The van der Waals surface area contributed by atoms with Gasteiger partial charge in [-0.25, -0.2) is 0 Å². The molecule has 4 nitrogen and oxygen atoms in total. The van der Waals surface area contributed by atoms with Gasteiger partial charge in [-0.3, -0.25) is 4.79 Å². The van der Waals surface area contributed by atoms with Gasteiger partial charge in [0.1, 0.15) is 16.6 Å². The van der Waals surface area contributed by atoms with Gasteiger partial charge in [0, 0.05) is 19.0 Å². The highest BCUT2D eigenvalue weighted by Crippen LogP contribution is 2.42. The van der Waals surface area contributed by atoms with E-state index < -0.39 is 0 Å². The van der Waals surface area contributed by atoms with Crippen LogP contribution in [0.5, 0.6) is 0 Å². The van der Waals surface area contributed by atoms with E-state index in [0.29, 0.717) is 16.1 Å². The Morgan fingerprint density at radius 3 is 2.68 bits per heavy atom. The predicted octanol–water partition coefficient (Wildman–Crippen LogP) is 3.03. The van der Waals surface area contributed by atoms with E-state index in [1.807, 2.05) is 0 Å². The Balaban J connectivity index is 2.40. The molecule has 1 saturated carbocycles. The molecule has 0 radical (unpaired) electrons. The number of carbonyl (C=O) groups excluding carboxylic acids is 1. The summed E-state index contributed by atoms with van der Waals surface area (Å²) in [5.41, 5.74) is 6.87. The largest absolute Gasteiger partial charge is 0.396 e. The smallest absolute Gasteiger partial charge is 0.178 e. The van der Waals surface area contributed by atoms with E-state index in [4.69, 9.17) is 5.73 Å². The van der Waals surface area contributed by atoms with Gasteiger partial charge >= 0.3 is 0 Å². The van der Waals surface area contributed by atoms with E-state index >= 15 is 0 Å². The molecule has 1 aromatic heterocycles. The first-order chi connectivity index (χ1) is 9.13. The number of Topliss-reactive ketones (excluding diaryl/α,β-unsaturated/α-hetero) is 1. The lowest BCUT2D eigenvalue weighted by molar-refractivity contribution is 0.0972. The summed E-state index contributed by atoms with van der Waals surface area (Å²) in [5, 5.41) is 10.2. The molecule has 5 heteroatoms. The molecule has 19 heavy (non-hydrogen) atoms. The molecular weight excluding hydrogens is 258 g/mol. The maximum Gasteiger partial charge on any atom is 0.178 e. The average Bonchev–Trinajstić information content (AvgIpc) is 3.20. The summed E-state index contributed by atoms with van der Waals surface area (Å²) in [5.74, 6) is 0.263. The van der Waals surface area contributed by atoms with E-state index in [-0.39, 0.29) is 11.7 Å². The maximum absolute atomic E-state index is 12.2. The third kappa shape index (κ3) is 2.59. The van der Waals surface area contributed by atoms with Crippen LogP contribution in [0.2, 0.25) is 0 Å². The first kappa shape index (κ1) is 13.9. The van der Waals surface area contributed by atoms with Gasteiger partial charge < -0.3 is 10.6 Å². The van der Waals surface area contributed by atoms with Gasteiger partial charge in [0.2, 0.25) is 0 Å². The van der Waals surface area contributed by atoms with Gasteiger partial charge in [-0.15, -0.1) is 11.3 Å². The van der Waals surface area contributed by atoms with Crippen LogP contribution in [0.1, 0.15) is 48.3 Å². The third-order valence-electron chi connectivity index (χ3n) is 3.37. The van der Waals surface area contributed by atoms with Crippen molar-refractivity contribution in [3.05, 3.63) is 10.4 Å².